The van der Waals surface area contributed by atoms with Gasteiger partial charge in [-0.25, -0.2) is 0 Å². The number of rotatable bonds is 0. The molecule has 1 aliphatic carbocycles. The Morgan fingerprint density at radius 2 is 1.73 bits per heavy atom. The third kappa shape index (κ3) is 1.62. The van der Waals surface area contributed by atoms with E-state index in [0.717, 1.165) is 11.2 Å². The highest BCUT2D eigenvalue weighted by Crippen LogP contribution is 2.53. The Labute approximate surface area is 155 Å². The minimum atomic E-state index is -0.0587. The SMILES string of the molecule is CC1(C)c2cccnc2-c2ccc3sc4cnc5ccccc5c4c3c21. The summed E-state index contributed by atoms with van der Waals surface area (Å²) in [6.45, 7) is 4.65. The average Bonchev–Trinajstić information content (AvgIpc) is 3.15. The van der Waals surface area contributed by atoms with E-state index in [2.05, 4.69) is 67.4 Å². The molecule has 0 saturated heterocycles. The lowest BCUT2D eigenvalue weighted by Gasteiger charge is -2.22. The molecule has 0 unspecified atom stereocenters. The Hall–Kier alpha value is -2.78. The van der Waals surface area contributed by atoms with Gasteiger partial charge in [0.25, 0.3) is 0 Å². The van der Waals surface area contributed by atoms with Crippen LogP contribution >= 0.6 is 11.3 Å². The number of thiophene rings is 1. The van der Waals surface area contributed by atoms with Gasteiger partial charge in [-0.1, -0.05) is 44.2 Å². The first-order valence-electron chi connectivity index (χ1n) is 8.85. The van der Waals surface area contributed by atoms with E-state index in [9.17, 15) is 0 Å². The van der Waals surface area contributed by atoms with Crippen LogP contribution in [-0.4, -0.2) is 9.97 Å². The summed E-state index contributed by atoms with van der Waals surface area (Å²) < 4.78 is 2.59. The van der Waals surface area contributed by atoms with Crippen LogP contribution in [0.1, 0.15) is 25.0 Å². The van der Waals surface area contributed by atoms with Crippen molar-refractivity contribution in [1.82, 2.24) is 9.97 Å². The van der Waals surface area contributed by atoms with Gasteiger partial charge in [0, 0.05) is 44.2 Å². The van der Waals surface area contributed by atoms with Crippen molar-refractivity contribution in [2.45, 2.75) is 19.3 Å². The fraction of sp³-hybridized carbons (Fsp3) is 0.130. The molecule has 0 fully saturated rings. The van der Waals surface area contributed by atoms with Crippen molar-refractivity contribution in [2.75, 3.05) is 0 Å². The van der Waals surface area contributed by atoms with Gasteiger partial charge in [-0.05, 0) is 29.3 Å². The van der Waals surface area contributed by atoms with Gasteiger partial charge >= 0.3 is 0 Å². The standard InChI is InChI=1S/C23H16N2S/c1-23(2)15-7-5-11-24-22(15)14-9-10-17-20(21(14)23)19-13-6-3-4-8-16(13)25-12-18(19)26-17/h3-12H,1-2H3. The average molecular weight is 352 g/mol. The van der Waals surface area contributed by atoms with Crippen LogP contribution < -0.4 is 0 Å². The Morgan fingerprint density at radius 1 is 0.846 bits per heavy atom. The number of hydrogen-bond acceptors (Lipinski definition) is 3. The molecule has 0 radical (unpaired) electrons. The van der Waals surface area contributed by atoms with Crippen molar-refractivity contribution in [3.05, 3.63) is 72.1 Å². The smallest absolute Gasteiger partial charge is 0.0746 e. The summed E-state index contributed by atoms with van der Waals surface area (Å²) in [6, 6.07) is 17.3. The first-order valence-corrected chi connectivity index (χ1v) is 9.67. The molecule has 0 atom stereocenters. The summed E-state index contributed by atoms with van der Waals surface area (Å²) in [5.41, 5.74) is 6.14. The van der Waals surface area contributed by atoms with Crippen molar-refractivity contribution in [2.24, 2.45) is 0 Å². The minimum Gasteiger partial charge on any atom is -0.256 e. The minimum absolute atomic E-state index is 0.0587. The van der Waals surface area contributed by atoms with Crippen LogP contribution in [0.25, 0.3) is 42.3 Å². The maximum Gasteiger partial charge on any atom is 0.0746 e. The largest absolute Gasteiger partial charge is 0.256 e. The van der Waals surface area contributed by atoms with Crippen LogP contribution in [0, 0.1) is 0 Å². The van der Waals surface area contributed by atoms with Crippen molar-refractivity contribution in [1.29, 1.82) is 0 Å². The zero-order chi connectivity index (χ0) is 17.5. The summed E-state index contributed by atoms with van der Waals surface area (Å²) >= 11 is 1.84. The molecular weight excluding hydrogens is 336 g/mol. The van der Waals surface area contributed by atoms with E-state index in [1.165, 1.54) is 42.2 Å². The van der Waals surface area contributed by atoms with Crippen LogP contribution in [0.15, 0.2) is 60.9 Å². The van der Waals surface area contributed by atoms with Gasteiger partial charge in [0.1, 0.15) is 0 Å². The Bertz CT molecular complexity index is 1360. The molecule has 0 aliphatic heterocycles. The predicted molar refractivity (Wildman–Crippen MR) is 110 cm³/mol. The van der Waals surface area contributed by atoms with Crippen LogP contribution in [0.3, 0.4) is 0 Å². The molecule has 124 valence electrons. The molecule has 6 rings (SSSR count). The molecule has 26 heavy (non-hydrogen) atoms. The molecule has 0 spiro atoms. The number of para-hydroxylation sites is 1. The zero-order valence-corrected chi connectivity index (χ0v) is 15.4. The fourth-order valence-corrected chi connectivity index (χ4v) is 5.70. The molecule has 0 saturated carbocycles. The number of nitrogens with zero attached hydrogens (tertiary/aromatic N) is 2. The third-order valence-corrected chi connectivity index (χ3v) is 6.83. The van der Waals surface area contributed by atoms with E-state index in [0.29, 0.717) is 0 Å². The first kappa shape index (κ1) is 14.4. The highest BCUT2D eigenvalue weighted by Gasteiger charge is 2.38. The molecule has 0 N–H and O–H groups in total. The molecule has 5 aromatic rings. The Balaban J connectivity index is 1.89. The molecule has 0 amide bonds. The highest BCUT2D eigenvalue weighted by molar-refractivity contribution is 7.26. The van der Waals surface area contributed by atoms with E-state index in [1.807, 2.05) is 23.7 Å². The van der Waals surface area contributed by atoms with E-state index < -0.39 is 0 Å². The van der Waals surface area contributed by atoms with Gasteiger partial charge in [0.2, 0.25) is 0 Å². The van der Waals surface area contributed by atoms with Gasteiger partial charge in [-0.3, -0.25) is 9.97 Å². The second-order valence-corrected chi connectivity index (χ2v) is 8.59. The van der Waals surface area contributed by atoms with Crippen molar-refractivity contribution >= 4 is 42.4 Å². The van der Waals surface area contributed by atoms with Crippen LogP contribution in [0.4, 0.5) is 0 Å². The number of hydrogen-bond donors (Lipinski definition) is 0. The molecule has 3 heterocycles. The summed E-state index contributed by atoms with van der Waals surface area (Å²) in [4.78, 5) is 9.39. The molecule has 0 bridgehead atoms. The Kier molecular flexibility index (Phi) is 2.59. The number of aromatic nitrogens is 2. The topological polar surface area (TPSA) is 25.8 Å². The lowest BCUT2D eigenvalue weighted by molar-refractivity contribution is 0.665. The van der Waals surface area contributed by atoms with Crippen molar-refractivity contribution in [3.8, 4) is 11.3 Å². The quantitative estimate of drug-likeness (QED) is 0.327. The summed E-state index contributed by atoms with van der Waals surface area (Å²) in [5.74, 6) is 0. The zero-order valence-electron chi connectivity index (χ0n) is 14.6. The monoisotopic (exact) mass is 352 g/mol. The molecule has 2 aromatic carbocycles. The lowest BCUT2D eigenvalue weighted by atomic mass is 9.80. The van der Waals surface area contributed by atoms with E-state index in [-0.39, 0.29) is 5.41 Å². The van der Waals surface area contributed by atoms with Gasteiger partial charge < -0.3 is 0 Å². The van der Waals surface area contributed by atoms with Crippen molar-refractivity contribution < 1.29 is 0 Å². The van der Waals surface area contributed by atoms with Gasteiger partial charge in [0.15, 0.2) is 0 Å². The lowest BCUT2D eigenvalue weighted by Crippen LogP contribution is -2.15. The molecule has 1 aliphatic rings. The van der Waals surface area contributed by atoms with E-state index in [1.54, 1.807) is 0 Å². The number of fused-ring (bicyclic) bond motifs is 9. The van der Waals surface area contributed by atoms with Gasteiger partial charge in [-0.15, -0.1) is 11.3 Å². The van der Waals surface area contributed by atoms with Crippen molar-refractivity contribution in [3.63, 3.8) is 0 Å². The second kappa shape index (κ2) is 4.68. The highest BCUT2D eigenvalue weighted by atomic mass is 32.1. The number of pyridine rings is 2. The van der Waals surface area contributed by atoms with Crippen LogP contribution in [0.5, 0.6) is 0 Å². The summed E-state index contributed by atoms with van der Waals surface area (Å²) in [5, 5.41) is 3.96. The summed E-state index contributed by atoms with van der Waals surface area (Å²) in [7, 11) is 0. The molecule has 2 nitrogen and oxygen atoms in total. The third-order valence-electron chi connectivity index (χ3n) is 5.74. The molecule has 3 aromatic heterocycles. The maximum absolute atomic E-state index is 4.72. The maximum atomic E-state index is 4.72. The van der Waals surface area contributed by atoms with Crippen LogP contribution in [-0.2, 0) is 5.41 Å². The molecular formula is C23H16N2S. The summed E-state index contributed by atoms with van der Waals surface area (Å²) in [6.07, 6.45) is 3.93. The first-order chi connectivity index (χ1) is 12.7. The second-order valence-electron chi connectivity index (χ2n) is 7.50. The van der Waals surface area contributed by atoms with E-state index in [4.69, 9.17) is 4.98 Å². The predicted octanol–water partition coefficient (Wildman–Crippen LogP) is 6.30. The fourth-order valence-electron chi connectivity index (χ4n) is 4.60. The number of benzene rings is 2. The normalized spacial score (nSPS) is 14.8. The Morgan fingerprint density at radius 3 is 2.65 bits per heavy atom. The van der Waals surface area contributed by atoms with E-state index >= 15 is 0 Å². The van der Waals surface area contributed by atoms with Gasteiger partial charge in [0.05, 0.1) is 15.9 Å². The van der Waals surface area contributed by atoms with Crippen LogP contribution in [0.2, 0.25) is 0 Å². The molecule has 3 heteroatoms. The van der Waals surface area contributed by atoms with Gasteiger partial charge in [-0.2, -0.15) is 0 Å².